The first-order valence-electron chi connectivity index (χ1n) is 7.10. The smallest absolute Gasteiger partial charge is 0.306 e. The van der Waals surface area contributed by atoms with E-state index in [1.807, 2.05) is 11.4 Å². The third-order valence-electron chi connectivity index (χ3n) is 3.76. The number of hydrogen-bond donors (Lipinski definition) is 0. The summed E-state index contributed by atoms with van der Waals surface area (Å²) in [5.41, 5.74) is 2.73. The number of thiophene rings is 1. The molecule has 104 valence electrons. The van der Waals surface area contributed by atoms with Gasteiger partial charge in [-0.1, -0.05) is 30.3 Å². The summed E-state index contributed by atoms with van der Waals surface area (Å²) in [6.07, 6.45) is 4.15. The Kier molecular flexibility index (Phi) is 4.16. The summed E-state index contributed by atoms with van der Waals surface area (Å²) >= 11 is 1.69. The third kappa shape index (κ3) is 3.28. The molecule has 3 heteroatoms. The van der Waals surface area contributed by atoms with Gasteiger partial charge in [0.1, 0.15) is 6.10 Å². The first-order chi connectivity index (χ1) is 9.81. The zero-order valence-electron chi connectivity index (χ0n) is 11.4. The zero-order chi connectivity index (χ0) is 13.8. The lowest BCUT2D eigenvalue weighted by Crippen LogP contribution is -2.25. The van der Waals surface area contributed by atoms with E-state index in [4.69, 9.17) is 4.74 Å². The van der Waals surface area contributed by atoms with E-state index in [9.17, 15) is 4.79 Å². The van der Waals surface area contributed by atoms with Crippen LogP contribution in [0.15, 0.2) is 41.8 Å². The van der Waals surface area contributed by atoms with Crippen LogP contribution in [0.3, 0.4) is 0 Å². The van der Waals surface area contributed by atoms with Crippen molar-refractivity contribution in [3.05, 3.63) is 57.8 Å². The lowest BCUT2D eigenvalue weighted by atomic mass is 9.90. The molecule has 0 radical (unpaired) electrons. The van der Waals surface area contributed by atoms with Crippen LogP contribution in [0.1, 0.15) is 28.8 Å². The van der Waals surface area contributed by atoms with Crippen LogP contribution in [0.4, 0.5) is 0 Å². The molecule has 1 aliphatic carbocycles. The Bertz CT molecular complexity index is 574. The molecule has 0 bridgehead atoms. The van der Waals surface area contributed by atoms with Crippen LogP contribution >= 0.6 is 11.3 Å². The van der Waals surface area contributed by atoms with Crippen molar-refractivity contribution in [3.8, 4) is 0 Å². The molecule has 20 heavy (non-hydrogen) atoms. The van der Waals surface area contributed by atoms with Crippen LogP contribution in [0.2, 0.25) is 0 Å². The van der Waals surface area contributed by atoms with Gasteiger partial charge in [-0.05, 0) is 41.8 Å². The first-order valence-corrected chi connectivity index (χ1v) is 7.98. The van der Waals surface area contributed by atoms with Gasteiger partial charge in [0.25, 0.3) is 0 Å². The zero-order valence-corrected chi connectivity index (χ0v) is 12.2. The van der Waals surface area contributed by atoms with Gasteiger partial charge in [0, 0.05) is 11.3 Å². The van der Waals surface area contributed by atoms with Crippen LogP contribution in [-0.2, 0) is 28.8 Å². The van der Waals surface area contributed by atoms with Gasteiger partial charge in [-0.25, -0.2) is 0 Å². The fourth-order valence-electron chi connectivity index (χ4n) is 2.69. The minimum Gasteiger partial charge on any atom is -0.462 e. The number of benzene rings is 1. The Balaban J connectivity index is 1.50. The third-order valence-corrected chi connectivity index (χ3v) is 4.69. The molecule has 1 aromatic heterocycles. The molecule has 1 heterocycles. The number of aryl methyl sites for hydroxylation is 2. The summed E-state index contributed by atoms with van der Waals surface area (Å²) in [5, 5.41) is 2.04. The van der Waals surface area contributed by atoms with Gasteiger partial charge < -0.3 is 4.74 Å². The maximum atomic E-state index is 11.9. The molecule has 0 saturated heterocycles. The van der Waals surface area contributed by atoms with Crippen LogP contribution in [0.25, 0.3) is 0 Å². The second-order valence-corrected chi connectivity index (χ2v) is 6.23. The molecule has 2 aromatic rings. The van der Waals surface area contributed by atoms with Crippen molar-refractivity contribution >= 4 is 17.3 Å². The van der Waals surface area contributed by atoms with E-state index < -0.39 is 0 Å². The fourth-order valence-corrected chi connectivity index (χ4v) is 3.40. The van der Waals surface area contributed by atoms with Gasteiger partial charge in [0.2, 0.25) is 0 Å². The highest BCUT2D eigenvalue weighted by molar-refractivity contribution is 7.09. The van der Waals surface area contributed by atoms with Crippen molar-refractivity contribution in [2.24, 2.45) is 0 Å². The van der Waals surface area contributed by atoms with E-state index in [2.05, 4.69) is 30.3 Å². The Morgan fingerprint density at radius 2 is 2.05 bits per heavy atom. The van der Waals surface area contributed by atoms with Crippen LogP contribution < -0.4 is 0 Å². The predicted molar refractivity (Wildman–Crippen MR) is 81.0 cm³/mol. The van der Waals surface area contributed by atoms with E-state index in [-0.39, 0.29) is 12.1 Å². The minimum atomic E-state index is -0.0669. The average Bonchev–Trinajstić information content (AvgIpc) is 2.98. The Morgan fingerprint density at radius 3 is 2.85 bits per heavy atom. The molecule has 1 unspecified atom stereocenters. The molecule has 1 atom stereocenters. The molecule has 0 amide bonds. The van der Waals surface area contributed by atoms with Gasteiger partial charge in [-0.15, -0.1) is 11.3 Å². The summed E-state index contributed by atoms with van der Waals surface area (Å²) < 4.78 is 5.61. The predicted octanol–water partition coefficient (Wildman–Crippen LogP) is 3.78. The van der Waals surface area contributed by atoms with Gasteiger partial charge in [0.05, 0.1) is 6.42 Å². The molecule has 1 aromatic carbocycles. The van der Waals surface area contributed by atoms with Crippen molar-refractivity contribution in [1.29, 1.82) is 0 Å². The molecule has 1 aliphatic rings. The minimum absolute atomic E-state index is 0.0562. The first kappa shape index (κ1) is 13.4. The molecule has 0 N–H and O–H groups in total. The topological polar surface area (TPSA) is 26.3 Å². The monoisotopic (exact) mass is 286 g/mol. The number of esters is 1. The molecule has 3 rings (SSSR count). The van der Waals surface area contributed by atoms with E-state index in [0.717, 1.165) is 25.7 Å². The second-order valence-electron chi connectivity index (χ2n) is 5.20. The standard InChI is InChI=1S/C17H18O2S/c18-17(10-9-16-6-3-11-20-16)19-15-8-7-13-4-1-2-5-14(13)12-15/h1-6,11,15H,7-10,12H2. The number of ether oxygens (including phenoxy) is 1. The Hall–Kier alpha value is -1.61. The molecule has 0 spiro atoms. The van der Waals surface area contributed by atoms with Crippen LogP contribution in [0.5, 0.6) is 0 Å². The van der Waals surface area contributed by atoms with E-state index in [1.54, 1.807) is 11.3 Å². The summed E-state index contributed by atoms with van der Waals surface area (Å²) in [6, 6.07) is 12.5. The quantitative estimate of drug-likeness (QED) is 0.800. The Morgan fingerprint density at radius 1 is 1.20 bits per heavy atom. The van der Waals surface area contributed by atoms with Crippen molar-refractivity contribution in [1.82, 2.24) is 0 Å². The van der Waals surface area contributed by atoms with E-state index in [0.29, 0.717) is 6.42 Å². The summed E-state index contributed by atoms with van der Waals surface area (Å²) in [4.78, 5) is 13.1. The number of fused-ring (bicyclic) bond motifs is 1. The second kappa shape index (κ2) is 6.23. The molecule has 0 saturated carbocycles. The molecular formula is C17H18O2S. The number of rotatable bonds is 4. The normalized spacial score (nSPS) is 17.5. The molecule has 0 fully saturated rings. The van der Waals surface area contributed by atoms with Crippen LogP contribution in [0, 0.1) is 0 Å². The highest BCUT2D eigenvalue weighted by Crippen LogP contribution is 2.23. The van der Waals surface area contributed by atoms with Gasteiger partial charge in [-0.2, -0.15) is 0 Å². The van der Waals surface area contributed by atoms with Crippen LogP contribution in [-0.4, -0.2) is 12.1 Å². The highest BCUT2D eigenvalue weighted by atomic mass is 32.1. The van der Waals surface area contributed by atoms with E-state index in [1.165, 1.54) is 16.0 Å². The average molecular weight is 286 g/mol. The van der Waals surface area contributed by atoms with Crippen molar-refractivity contribution < 1.29 is 9.53 Å². The van der Waals surface area contributed by atoms with Crippen molar-refractivity contribution in [3.63, 3.8) is 0 Å². The number of carbonyl (C=O) groups is 1. The number of hydrogen-bond acceptors (Lipinski definition) is 3. The molecule has 2 nitrogen and oxygen atoms in total. The largest absolute Gasteiger partial charge is 0.462 e. The van der Waals surface area contributed by atoms with Crippen molar-refractivity contribution in [2.45, 2.75) is 38.2 Å². The van der Waals surface area contributed by atoms with Gasteiger partial charge in [0.15, 0.2) is 0 Å². The summed E-state index contributed by atoms with van der Waals surface area (Å²) in [5.74, 6) is -0.0669. The fraction of sp³-hybridized carbons (Fsp3) is 0.353. The van der Waals surface area contributed by atoms with Crippen molar-refractivity contribution in [2.75, 3.05) is 0 Å². The lowest BCUT2D eigenvalue weighted by molar-refractivity contribution is -0.149. The maximum Gasteiger partial charge on any atom is 0.306 e. The van der Waals surface area contributed by atoms with Gasteiger partial charge in [-0.3, -0.25) is 4.79 Å². The maximum absolute atomic E-state index is 11.9. The van der Waals surface area contributed by atoms with Gasteiger partial charge >= 0.3 is 5.97 Å². The molecule has 0 aliphatic heterocycles. The summed E-state index contributed by atoms with van der Waals surface area (Å²) in [7, 11) is 0. The number of carbonyl (C=O) groups excluding carboxylic acids is 1. The summed E-state index contributed by atoms with van der Waals surface area (Å²) in [6.45, 7) is 0. The molecular weight excluding hydrogens is 268 g/mol. The van der Waals surface area contributed by atoms with E-state index >= 15 is 0 Å². The lowest BCUT2D eigenvalue weighted by Gasteiger charge is -2.24. The highest BCUT2D eigenvalue weighted by Gasteiger charge is 2.21. The Labute approximate surface area is 123 Å². The SMILES string of the molecule is O=C(CCc1cccs1)OC1CCc2ccccc2C1.